The Morgan fingerprint density at radius 1 is 1.28 bits per heavy atom. The predicted molar refractivity (Wildman–Crippen MR) is 85.3 cm³/mol. The van der Waals surface area contributed by atoms with E-state index in [1.165, 1.54) is 11.5 Å². The van der Waals surface area contributed by atoms with Crippen LogP contribution >= 0.6 is 39.5 Å². The Morgan fingerprint density at radius 2 is 2.00 bits per heavy atom. The first kappa shape index (κ1) is 14.5. The molecule has 0 aliphatic carbocycles. The lowest BCUT2D eigenvalue weighted by molar-refractivity contribution is 0.741. The maximum atomic E-state index is 5.98. The second-order valence-corrected chi connectivity index (χ2v) is 7.58. The second kappa shape index (κ2) is 6.48. The smallest absolute Gasteiger partial charge is 0.145 e. The molecule has 18 heavy (non-hydrogen) atoms. The van der Waals surface area contributed by atoms with Gasteiger partial charge in [-0.2, -0.15) is 11.8 Å². The molecule has 0 saturated carbocycles. The van der Waals surface area contributed by atoms with Crippen molar-refractivity contribution in [3.63, 3.8) is 0 Å². The zero-order valence-corrected chi connectivity index (χ0v) is 13.9. The van der Waals surface area contributed by atoms with Gasteiger partial charge in [-0.25, -0.2) is 9.97 Å². The van der Waals surface area contributed by atoms with Gasteiger partial charge in [0.2, 0.25) is 0 Å². The van der Waals surface area contributed by atoms with Gasteiger partial charge in [-0.1, -0.05) is 13.8 Å². The molecule has 1 fully saturated rings. The van der Waals surface area contributed by atoms with Gasteiger partial charge in [-0.15, -0.1) is 11.8 Å². The summed E-state index contributed by atoms with van der Waals surface area (Å²) in [5, 5.41) is 0.989. The first-order chi connectivity index (χ1) is 8.67. The number of rotatable bonds is 3. The normalized spacial score (nSPS) is 24.2. The Kier molecular flexibility index (Phi) is 5.21. The molecule has 2 N–H and O–H groups in total. The van der Waals surface area contributed by atoms with Gasteiger partial charge in [0, 0.05) is 16.8 Å². The van der Waals surface area contributed by atoms with Crippen molar-refractivity contribution in [2.45, 2.75) is 37.2 Å². The number of nitrogens with zero attached hydrogens (tertiary/aromatic N) is 2. The highest BCUT2D eigenvalue weighted by Crippen LogP contribution is 2.43. The number of nitrogen functional groups attached to an aromatic ring is 1. The molecular weight excluding hydrogens is 330 g/mol. The molecule has 1 aliphatic rings. The maximum Gasteiger partial charge on any atom is 0.145 e. The third-order valence-corrected chi connectivity index (χ3v) is 7.11. The van der Waals surface area contributed by atoms with Crippen molar-refractivity contribution in [3.05, 3.63) is 16.0 Å². The van der Waals surface area contributed by atoms with Crippen LogP contribution in [0.2, 0.25) is 0 Å². The summed E-state index contributed by atoms with van der Waals surface area (Å²) >= 11 is 7.47. The fraction of sp³-hybridized carbons (Fsp3) is 0.667. The fourth-order valence-corrected chi connectivity index (χ4v) is 5.49. The van der Waals surface area contributed by atoms with Crippen LogP contribution in [0.5, 0.6) is 0 Å². The van der Waals surface area contributed by atoms with Gasteiger partial charge in [0.1, 0.15) is 11.6 Å². The molecule has 6 heteroatoms. The van der Waals surface area contributed by atoms with Crippen LogP contribution in [-0.4, -0.2) is 26.7 Å². The Bertz CT molecular complexity index is 428. The molecule has 2 atom stereocenters. The van der Waals surface area contributed by atoms with E-state index in [-0.39, 0.29) is 0 Å². The van der Waals surface area contributed by atoms with Crippen LogP contribution in [0.4, 0.5) is 5.82 Å². The molecule has 100 valence electrons. The molecule has 0 bridgehead atoms. The van der Waals surface area contributed by atoms with E-state index in [2.05, 4.69) is 34.8 Å². The Labute approximate surface area is 125 Å². The SMILES string of the molecule is CCc1nc(C2SCCSC2CC)nc(N)c1Br. The van der Waals surface area contributed by atoms with E-state index in [0.717, 1.165) is 28.8 Å². The fourth-order valence-electron chi connectivity index (χ4n) is 2.04. The standard InChI is InChI=1S/C12H18BrN3S2/c1-3-7-9(13)11(14)16-12(15-7)10-8(4-2)17-5-6-18-10/h8,10H,3-6H2,1-2H3,(H2,14,15,16). The monoisotopic (exact) mass is 347 g/mol. The number of hydrogen-bond donors (Lipinski definition) is 1. The summed E-state index contributed by atoms with van der Waals surface area (Å²) in [5.41, 5.74) is 6.99. The van der Waals surface area contributed by atoms with Crippen molar-refractivity contribution in [1.82, 2.24) is 9.97 Å². The molecular formula is C12H18BrN3S2. The highest BCUT2D eigenvalue weighted by molar-refractivity contribution is 9.10. The highest BCUT2D eigenvalue weighted by atomic mass is 79.9. The van der Waals surface area contributed by atoms with E-state index in [1.54, 1.807) is 0 Å². The number of hydrogen-bond acceptors (Lipinski definition) is 5. The Balaban J connectivity index is 2.34. The first-order valence-corrected chi connectivity index (χ1v) is 9.11. The third-order valence-electron chi connectivity index (χ3n) is 3.00. The molecule has 0 spiro atoms. The largest absolute Gasteiger partial charge is 0.383 e. The lowest BCUT2D eigenvalue weighted by Gasteiger charge is -2.29. The average Bonchev–Trinajstić information content (AvgIpc) is 2.41. The zero-order chi connectivity index (χ0) is 13.1. The summed E-state index contributed by atoms with van der Waals surface area (Å²) in [6, 6.07) is 0. The van der Waals surface area contributed by atoms with Crippen LogP contribution < -0.4 is 5.73 Å². The van der Waals surface area contributed by atoms with Gasteiger partial charge in [0.05, 0.1) is 15.4 Å². The summed E-state index contributed by atoms with van der Waals surface area (Å²) in [5.74, 6) is 3.89. The van der Waals surface area contributed by atoms with E-state index in [0.29, 0.717) is 16.3 Å². The van der Waals surface area contributed by atoms with Crippen LogP contribution in [0.3, 0.4) is 0 Å². The minimum Gasteiger partial charge on any atom is -0.383 e. The summed E-state index contributed by atoms with van der Waals surface area (Å²) < 4.78 is 0.857. The summed E-state index contributed by atoms with van der Waals surface area (Å²) in [4.78, 5) is 9.19. The molecule has 2 unspecified atom stereocenters. The van der Waals surface area contributed by atoms with E-state index >= 15 is 0 Å². The number of aromatic nitrogens is 2. The van der Waals surface area contributed by atoms with Gasteiger partial charge < -0.3 is 5.73 Å². The molecule has 1 saturated heterocycles. The van der Waals surface area contributed by atoms with Crippen molar-refractivity contribution < 1.29 is 0 Å². The third kappa shape index (κ3) is 2.96. The number of aryl methyl sites for hydroxylation is 1. The molecule has 2 rings (SSSR count). The molecule has 0 radical (unpaired) electrons. The summed E-state index contributed by atoms with van der Waals surface area (Å²) in [6.45, 7) is 4.33. The number of anilines is 1. The Morgan fingerprint density at radius 3 is 2.67 bits per heavy atom. The van der Waals surface area contributed by atoms with Crippen molar-refractivity contribution in [3.8, 4) is 0 Å². The van der Waals surface area contributed by atoms with Crippen molar-refractivity contribution in [2.75, 3.05) is 17.2 Å². The van der Waals surface area contributed by atoms with Gasteiger partial charge in [-0.05, 0) is 28.8 Å². The van der Waals surface area contributed by atoms with Gasteiger partial charge >= 0.3 is 0 Å². The maximum absolute atomic E-state index is 5.98. The summed E-state index contributed by atoms with van der Waals surface area (Å²) in [7, 11) is 0. The second-order valence-electron chi connectivity index (χ2n) is 4.19. The lowest BCUT2D eigenvalue weighted by atomic mass is 10.2. The van der Waals surface area contributed by atoms with E-state index in [4.69, 9.17) is 10.7 Å². The van der Waals surface area contributed by atoms with Crippen LogP contribution in [0.1, 0.15) is 37.0 Å². The van der Waals surface area contributed by atoms with Crippen molar-refractivity contribution in [1.29, 1.82) is 0 Å². The van der Waals surface area contributed by atoms with Crippen LogP contribution in [0.25, 0.3) is 0 Å². The minimum atomic E-state index is 0.384. The van der Waals surface area contributed by atoms with E-state index < -0.39 is 0 Å². The van der Waals surface area contributed by atoms with Gasteiger partial charge in [0.25, 0.3) is 0 Å². The van der Waals surface area contributed by atoms with E-state index in [9.17, 15) is 0 Å². The van der Waals surface area contributed by atoms with Crippen molar-refractivity contribution >= 4 is 45.3 Å². The Hall–Kier alpha value is 0.0600. The number of halogens is 1. The molecule has 1 aromatic rings. The number of thioether (sulfide) groups is 2. The average molecular weight is 348 g/mol. The van der Waals surface area contributed by atoms with Gasteiger partial charge in [-0.3, -0.25) is 0 Å². The molecule has 1 aromatic heterocycles. The molecule has 1 aliphatic heterocycles. The number of nitrogens with two attached hydrogens (primary N) is 1. The molecule has 3 nitrogen and oxygen atoms in total. The highest BCUT2D eigenvalue weighted by Gasteiger charge is 2.29. The zero-order valence-electron chi connectivity index (χ0n) is 10.6. The van der Waals surface area contributed by atoms with Crippen LogP contribution in [-0.2, 0) is 6.42 Å². The van der Waals surface area contributed by atoms with Crippen LogP contribution in [0.15, 0.2) is 4.47 Å². The van der Waals surface area contributed by atoms with E-state index in [1.807, 2.05) is 23.5 Å². The van der Waals surface area contributed by atoms with Crippen molar-refractivity contribution in [2.24, 2.45) is 0 Å². The quantitative estimate of drug-likeness (QED) is 0.903. The first-order valence-electron chi connectivity index (χ1n) is 6.22. The van der Waals surface area contributed by atoms with Gasteiger partial charge in [0.15, 0.2) is 0 Å². The minimum absolute atomic E-state index is 0.384. The molecule has 2 heterocycles. The summed E-state index contributed by atoms with van der Waals surface area (Å²) in [6.07, 6.45) is 2.03. The lowest BCUT2D eigenvalue weighted by Crippen LogP contribution is -2.21. The predicted octanol–water partition coefficient (Wildman–Crippen LogP) is 3.68. The van der Waals surface area contributed by atoms with Crippen LogP contribution in [0, 0.1) is 0 Å². The topological polar surface area (TPSA) is 51.8 Å². The molecule has 0 amide bonds. The molecule has 0 aromatic carbocycles.